The molecule has 0 spiro atoms. The maximum atomic E-state index is 13.6. The van der Waals surface area contributed by atoms with Gasteiger partial charge in [0.25, 0.3) is 0 Å². The lowest BCUT2D eigenvalue weighted by atomic mass is 10.2. The molecule has 1 nitrogen and oxygen atoms in total. The molecule has 1 N–H and O–H groups in total. The largest absolute Gasteiger partial charge is 0.446 e. The number of nitrogens with one attached hydrogen (secondary N) is 1. The summed E-state index contributed by atoms with van der Waals surface area (Å²) in [6, 6.07) is 10.6. The van der Waals surface area contributed by atoms with Crippen LogP contribution in [0.4, 0.5) is 23.2 Å². The van der Waals surface area contributed by atoms with E-state index in [1.54, 1.807) is 24.3 Å². The summed E-state index contributed by atoms with van der Waals surface area (Å²) in [7, 11) is 0. The number of hydrogen-bond acceptors (Lipinski definition) is 2. The van der Waals surface area contributed by atoms with Crippen LogP contribution in [0, 0.1) is 5.82 Å². The Morgan fingerprint density at radius 2 is 1.71 bits per heavy atom. The van der Waals surface area contributed by atoms with Crippen molar-refractivity contribution >= 4 is 33.4 Å². The lowest BCUT2D eigenvalue weighted by Gasteiger charge is -2.09. The first-order valence-electron chi connectivity index (χ1n) is 5.87. The number of benzene rings is 2. The van der Waals surface area contributed by atoms with Crippen molar-refractivity contribution < 1.29 is 17.6 Å². The van der Waals surface area contributed by atoms with Gasteiger partial charge in [0.2, 0.25) is 0 Å². The Hall–Kier alpha value is -1.21. The van der Waals surface area contributed by atoms with Crippen LogP contribution in [0.3, 0.4) is 0 Å². The van der Waals surface area contributed by atoms with Crippen LogP contribution in [0.2, 0.25) is 0 Å². The summed E-state index contributed by atoms with van der Waals surface area (Å²) in [5, 5.41) is 2.90. The Morgan fingerprint density at radius 3 is 2.29 bits per heavy atom. The summed E-state index contributed by atoms with van der Waals surface area (Å²) >= 11 is 3.00. The van der Waals surface area contributed by atoms with Crippen molar-refractivity contribution in [1.82, 2.24) is 0 Å². The van der Waals surface area contributed by atoms with E-state index in [-0.39, 0.29) is 16.7 Å². The number of anilines is 1. The number of rotatable bonds is 4. The van der Waals surface area contributed by atoms with Gasteiger partial charge in [-0.25, -0.2) is 4.39 Å². The average molecular weight is 380 g/mol. The molecular formula is C14H10BrF4NS. The highest BCUT2D eigenvalue weighted by molar-refractivity contribution is 9.10. The Labute approximate surface area is 131 Å². The van der Waals surface area contributed by atoms with Gasteiger partial charge in [0.15, 0.2) is 0 Å². The minimum atomic E-state index is -4.29. The van der Waals surface area contributed by atoms with E-state index < -0.39 is 11.3 Å². The summed E-state index contributed by atoms with van der Waals surface area (Å²) in [6.45, 7) is 0.329. The maximum absolute atomic E-state index is 13.6. The fourth-order valence-corrected chi connectivity index (χ4v) is 2.51. The van der Waals surface area contributed by atoms with Gasteiger partial charge in [0.1, 0.15) is 5.82 Å². The normalized spacial score (nSPS) is 11.5. The van der Waals surface area contributed by atoms with Crippen LogP contribution in [-0.2, 0) is 6.54 Å². The van der Waals surface area contributed by atoms with Gasteiger partial charge in [-0.15, -0.1) is 0 Å². The van der Waals surface area contributed by atoms with E-state index in [2.05, 4.69) is 21.2 Å². The fourth-order valence-electron chi connectivity index (χ4n) is 1.64. The highest BCUT2D eigenvalue weighted by Crippen LogP contribution is 2.36. The molecule has 0 unspecified atom stereocenters. The Kier molecular flexibility index (Phi) is 5.16. The van der Waals surface area contributed by atoms with Crippen LogP contribution < -0.4 is 5.32 Å². The zero-order valence-electron chi connectivity index (χ0n) is 10.5. The molecule has 0 heterocycles. The second kappa shape index (κ2) is 6.70. The van der Waals surface area contributed by atoms with Crippen LogP contribution in [0.25, 0.3) is 0 Å². The van der Waals surface area contributed by atoms with Crippen LogP contribution in [-0.4, -0.2) is 5.51 Å². The smallest absolute Gasteiger partial charge is 0.379 e. The van der Waals surface area contributed by atoms with E-state index in [1.807, 2.05) is 0 Å². The minimum Gasteiger partial charge on any atom is -0.379 e. The summed E-state index contributed by atoms with van der Waals surface area (Å²) in [4.78, 5) is 0.126. The second-order valence-corrected chi connectivity index (χ2v) is 6.22. The van der Waals surface area contributed by atoms with Gasteiger partial charge in [0.05, 0.1) is 5.69 Å². The van der Waals surface area contributed by atoms with Gasteiger partial charge in [-0.3, -0.25) is 0 Å². The monoisotopic (exact) mass is 379 g/mol. The molecule has 0 aromatic heterocycles. The molecule has 0 atom stereocenters. The van der Waals surface area contributed by atoms with E-state index in [1.165, 1.54) is 18.2 Å². The lowest BCUT2D eigenvalue weighted by Crippen LogP contribution is -2.02. The summed E-state index contributed by atoms with van der Waals surface area (Å²) in [6.07, 6.45) is 0. The second-order valence-electron chi connectivity index (χ2n) is 4.17. The standard InChI is InChI=1S/C14H10BrF4NS/c15-10-3-6-13(12(16)7-10)20-8-9-1-4-11(5-2-9)21-14(17,18)19/h1-7,20H,8H2. The predicted molar refractivity (Wildman–Crippen MR) is 79.8 cm³/mol. The van der Waals surface area contributed by atoms with Crippen LogP contribution in [0.1, 0.15) is 5.56 Å². The molecule has 2 aromatic rings. The van der Waals surface area contributed by atoms with E-state index in [0.717, 1.165) is 5.56 Å². The van der Waals surface area contributed by atoms with Crippen molar-refractivity contribution in [1.29, 1.82) is 0 Å². The van der Waals surface area contributed by atoms with Gasteiger partial charge in [-0.1, -0.05) is 28.1 Å². The molecular weight excluding hydrogens is 370 g/mol. The quantitative estimate of drug-likeness (QED) is 0.531. The molecule has 7 heteroatoms. The summed E-state index contributed by atoms with van der Waals surface area (Å²) in [5.74, 6) is -0.395. The van der Waals surface area contributed by atoms with Crippen molar-refractivity contribution in [2.24, 2.45) is 0 Å². The first-order valence-corrected chi connectivity index (χ1v) is 7.48. The Bertz CT molecular complexity index is 613. The molecule has 2 rings (SSSR count). The topological polar surface area (TPSA) is 12.0 Å². The SMILES string of the molecule is Fc1cc(Br)ccc1NCc1ccc(SC(F)(F)F)cc1. The molecule has 0 bridgehead atoms. The van der Waals surface area contributed by atoms with E-state index in [0.29, 0.717) is 16.7 Å². The van der Waals surface area contributed by atoms with Gasteiger partial charge in [-0.05, 0) is 47.7 Å². The number of hydrogen-bond donors (Lipinski definition) is 1. The van der Waals surface area contributed by atoms with Crippen LogP contribution in [0.15, 0.2) is 51.8 Å². The third-order valence-electron chi connectivity index (χ3n) is 2.57. The molecule has 2 aromatic carbocycles. The minimum absolute atomic E-state index is 0.126. The van der Waals surface area contributed by atoms with Crippen molar-refractivity contribution in [3.8, 4) is 0 Å². The maximum Gasteiger partial charge on any atom is 0.446 e. The number of thioether (sulfide) groups is 1. The number of alkyl halides is 3. The van der Waals surface area contributed by atoms with Crippen LogP contribution in [0.5, 0.6) is 0 Å². The Balaban J connectivity index is 1.97. The van der Waals surface area contributed by atoms with Crippen molar-refractivity contribution in [2.75, 3.05) is 5.32 Å². The fraction of sp³-hybridized carbons (Fsp3) is 0.143. The van der Waals surface area contributed by atoms with Crippen molar-refractivity contribution in [3.05, 3.63) is 58.3 Å². The van der Waals surface area contributed by atoms with E-state index in [4.69, 9.17) is 0 Å². The molecule has 0 amide bonds. The summed E-state index contributed by atoms with van der Waals surface area (Å²) < 4.78 is 50.8. The van der Waals surface area contributed by atoms with Gasteiger partial charge in [0, 0.05) is 15.9 Å². The first-order chi connectivity index (χ1) is 9.83. The Morgan fingerprint density at radius 1 is 1.05 bits per heavy atom. The van der Waals surface area contributed by atoms with Gasteiger partial charge in [-0.2, -0.15) is 13.2 Å². The van der Waals surface area contributed by atoms with Crippen LogP contribution >= 0.6 is 27.7 Å². The summed E-state index contributed by atoms with van der Waals surface area (Å²) in [5.41, 5.74) is -3.18. The third kappa shape index (κ3) is 5.24. The molecule has 0 aliphatic rings. The van der Waals surface area contributed by atoms with Crippen molar-refractivity contribution in [3.63, 3.8) is 0 Å². The molecule has 0 saturated carbocycles. The lowest BCUT2D eigenvalue weighted by molar-refractivity contribution is -0.0328. The molecule has 21 heavy (non-hydrogen) atoms. The molecule has 0 aliphatic carbocycles. The molecule has 112 valence electrons. The molecule has 0 fully saturated rings. The highest BCUT2D eigenvalue weighted by atomic mass is 79.9. The molecule has 0 aliphatic heterocycles. The number of halogens is 5. The zero-order chi connectivity index (χ0) is 15.5. The molecule has 0 radical (unpaired) electrons. The van der Waals surface area contributed by atoms with Crippen molar-refractivity contribution in [2.45, 2.75) is 16.9 Å². The first kappa shape index (κ1) is 16.2. The van der Waals surface area contributed by atoms with E-state index >= 15 is 0 Å². The predicted octanol–water partition coefficient (Wildman–Crippen LogP) is 5.81. The third-order valence-corrected chi connectivity index (χ3v) is 3.80. The molecule has 0 saturated heterocycles. The van der Waals surface area contributed by atoms with E-state index in [9.17, 15) is 17.6 Å². The van der Waals surface area contributed by atoms with Gasteiger partial charge >= 0.3 is 5.51 Å². The highest BCUT2D eigenvalue weighted by Gasteiger charge is 2.28. The zero-order valence-corrected chi connectivity index (χ0v) is 12.9. The van der Waals surface area contributed by atoms with Gasteiger partial charge < -0.3 is 5.32 Å². The average Bonchev–Trinajstić information content (AvgIpc) is 2.38.